The second kappa shape index (κ2) is 6.58. The van der Waals surface area contributed by atoms with Crippen molar-refractivity contribution < 1.29 is 13.2 Å². The monoisotopic (exact) mass is 383 g/mol. The van der Waals surface area contributed by atoms with E-state index in [0.29, 0.717) is 36.5 Å². The molecule has 0 radical (unpaired) electrons. The molecule has 2 aliphatic heterocycles. The molecule has 4 rings (SSSR count). The molecular weight excluding hydrogens is 362 g/mol. The van der Waals surface area contributed by atoms with Crippen molar-refractivity contribution in [3.05, 3.63) is 65.7 Å². The summed E-state index contributed by atoms with van der Waals surface area (Å²) in [5.41, 5.74) is 1.62. The van der Waals surface area contributed by atoms with Crippen LogP contribution in [0.15, 0.2) is 64.5 Å². The Morgan fingerprint density at radius 2 is 1.63 bits per heavy atom. The maximum absolute atomic E-state index is 12.8. The molecule has 1 spiro atoms. The molecule has 6 nitrogen and oxygen atoms in total. The van der Waals surface area contributed by atoms with Gasteiger partial charge in [0.15, 0.2) is 0 Å². The Balaban J connectivity index is 1.53. The highest BCUT2D eigenvalue weighted by Gasteiger charge is 2.44. The van der Waals surface area contributed by atoms with E-state index in [-0.39, 0.29) is 5.91 Å². The SMILES string of the molecule is Cc1ccc(C2=NC3(CCN(S(=O)(=O)c4ccccc4)CC3)NC2=O)cc1. The van der Waals surface area contributed by atoms with Gasteiger partial charge in [-0.3, -0.25) is 9.79 Å². The van der Waals surface area contributed by atoms with Gasteiger partial charge in [-0.25, -0.2) is 8.42 Å². The van der Waals surface area contributed by atoms with Crippen LogP contribution in [0.3, 0.4) is 0 Å². The van der Waals surface area contributed by atoms with E-state index in [4.69, 9.17) is 0 Å². The molecule has 1 saturated heterocycles. The Hall–Kier alpha value is -2.51. The molecule has 0 bridgehead atoms. The van der Waals surface area contributed by atoms with Crippen molar-refractivity contribution in [2.45, 2.75) is 30.3 Å². The third-order valence-corrected chi connectivity index (χ3v) is 7.06. The summed E-state index contributed by atoms with van der Waals surface area (Å²) >= 11 is 0. The van der Waals surface area contributed by atoms with Gasteiger partial charge in [0.25, 0.3) is 5.91 Å². The number of hydrogen-bond donors (Lipinski definition) is 1. The van der Waals surface area contributed by atoms with E-state index in [1.807, 2.05) is 31.2 Å². The molecule has 0 aliphatic carbocycles. The normalized spacial score (nSPS) is 19.7. The smallest absolute Gasteiger partial charge is 0.272 e. The Morgan fingerprint density at radius 1 is 1.00 bits per heavy atom. The van der Waals surface area contributed by atoms with Crippen LogP contribution < -0.4 is 5.32 Å². The number of sulfonamides is 1. The number of aliphatic imine (C=N–C) groups is 1. The molecule has 2 aromatic rings. The first-order valence-corrected chi connectivity index (χ1v) is 10.4. The maximum atomic E-state index is 12.8. The van der Waals surface area contributed by atoms with Crippen molar-refractivity contribution in [3.8, 4) is 0 Å². The lowest BCUT2D eigenvalue weighted by molar-refractivity contribution is -0.115. The Bertz CT molecular complexity index is 991. The van der Waals surface area contributed by atoms with Gasteiger partial charge in [0.1, 0.15) is 11.4 Å². The van der Waals surface area contributed by atoms with Gasteiger partial charge in [-0.05, 0) is 19.1 Å². The first-order valence-electron chi connectivity index (χ1n) is 8.94. The van der Waals surface area contributed by atoms with Crippen LogP contribution >= 0.6 is 0 Å². The molecule has 2 aliphatic rings. The molecule has 1 amide bonds. The third kappa shape index (κ3) is 3.28. The topological polar surface area (TPSA) is 78.8 Å². The summed E-state index contributed by atoms with van der Waals surface area (Å²) in [5, 5.41) is 2.98. The summed E-state index contributed by atoms with van der Waals surface area (Å²) in [6, 6.07) is 16.1. The van der Waals surface area contributed by atoms with Crippen molar-refractivity contribution in [3.63, 3.8) is 0 Å². The molecule has 0 unspecified atom stereocenters. The number of nitrogens with zero attached hydrogens (tertiary/aromatic N) is 2. The zero-order chi connectivity index (χ0) is 19.1. The minimum absolute atomic E-state index is 0.196. The quantitative estimate of drug-likeness (QED) is 0.882. The molecule has 0 atom stereocenters. The number of carbonyl (C=O) groups excluding carboxylic acids is 1. The lowest BCUT2D eigenvalue weighted by Gasteiger charge is -2.36. The summed E-state index contributed by atoms with van der Waals surface area (Å²) in [4.78, 5) is 17.4. The highest BCUT2D eigenvalue weighted by atomic mass is 32.2. The first-order chi connectivity index (χ1) is 12.9. The second-order valence-corrected chi connectivity index (χ2v) is 8.97. The fourth-order valence-electron chi connectivity index (χ4n) is 3.55. The molecule has 2 aromatic carbocycles. The van der Waals surface area contributed by atoms with E-state index in [1.54, 1.807) is 30.3 Å². The van der Waals surface area contributed by atoms with Crippen LogP contribution in [-0.2, 0) is 14.8 Å². The lowest BCUT2D eigenvalue weighted by Crippen LogP contribution is -2.52. The standard InChI is InChI=1S/C20H21N3O3S/c1-15-7-9-16(10-8-15)18-19(24)22-20(21-18)11-13-23(14-12-20)27(25,26)17-5-3-2-4-6-17/h2-10H,11-14H2,1H3,(H,22,24). The molecule has 140 valence electrons. The first kappa shape index (κ1) is 17.9. The molecule has 7 heteroatoms. The Kier molecular flexibility index (Phi) is 4.36. The summed E-state index contributed by atoms with van der Waals surface area (Å²) < 4.78 is 27.0. The fourth-order valence-corrected chi connectivity index (χ4v) is 5.01. The number of nitrogens with one attached hydrogen (secondary N) is 1. The van der Waals surface area contributed by atoms with Crippen molar-refractivity contribution in [1.29, 1.82) is 0 Å². The van der Waals surface area contributed by atoms with Gasteiger partial charge in [-0.1, -0.05) is 48.0 Å². The van der Waals surface area contributed by atoms with Gasteiger partial charge in [0, 0.05) is 31.5 Å². The minimum Gasteiger partial charge on any atom is -0.326 e. The van der Waals surface area contributed by atoms with Crippen LogP contribution in [0.2, 0.25) is 0 Å². The number of rotatable bonds is 3. The highest BCUT2D eigenvalue weighted by Crippen LogP contribution is 2.31. The summed E-state index contributed by atoms with van der Waals surface area (Å²) in [7, 11) is -3.52. The van der Waals surface area contributed by atoms with Crippen LogP contribution in [0.4, 0.5) is 0 Å². The zero-order valence-corrected chi connectivity index (χ0v) is 15.9. The van der Waals surface area contributed by atoms with Crippen LogP contribution in [0, 0.1) is 6.92 Å². The molecule has 0 saturated carbocycles. The number of amides is 1. The summed E-state index contributed by atoms with van der Waals surface area (Å²) in [6.07, 6.45) is 0.917. The number of aryl methyl sites for hydroxylation is 1. The Labute approximate surface area is 159 Å². The molecule has 0 aromatic heterocycles. The molecular formula is C20H21N3O3S. The van der Waals surface area contributed by atoms with Gasteiger partial charge in [0.2, 0.25) is 10.0 Å². The lowest BCUT2D eigenvalue weighted by atomic mass is 10.00. The van der Waals surface area contributed by atoms with Crippen LogP contribution in [0.5, 0.6) is 0 Å². The number of hydrogen-bond acceptors (Lipinski definition) is 4. The number of piperidine rings is 1. The van der Waals surface area contributed by atoms with Gasteiger partial charge >= 0.3 is 0 Å². The van der Waals surface area contributed by atoms with Gasteiger partial charge in [-0.15, -0.1) is 0 Å². The number of benzene rings is 2. The Morgan fingerprint density at radius 3 is 2.26 bits per heavy atom. The van der Waals surface area contributed by atoms with Crippen molar-refractivity contribution >= 4 is 21.6 Å². The van der Waals surface area contributed by atoms with E-state index < -0.39 is 15.7 Å². The van der Waals surface area contributed by atoms with Crippen LogP contribution in [0.25, 0.3) is 0 Å². The third-order valence-electron chi connectivity index (χ3n) is 5.14. The zero-order valence-electron chi connectivity index (χ0n) is 15.1. The van der Waals surface area contributed by atoms with Crippen LogP contribution in [0.1, 0.15) is 24.0 Å². The summed E-state index contributed by atoms with van der Waals surface area (Å²) in [5.74, 6) is -0.196. The van der Waals surface area contributed by atoms with E-state index >= 15 is 0 Å². The maximum Gasteiger partial charge on any atom is 0.272 e. The number of carbonyl (C=O) groups is 1. The van der Waals surface area contributed by atoms with E-state index in [9.17, 15) is 13.2 Å². The molecule has 27 heavy (non-hydrogen) atoms. The predicted octanol–water partition coefficient (Wildman–Crippen LogP) is 2.09. The van der Waals surface area contributed by atoms with Crippen molar-refractivity contribution in [1.82, 2.24) is 9.62 Å². The van der Waals surface area contributed by atoms with Gasteiger partial charge in [0.05, 0.1) is 4.90 Å². The average Bonchev–Trinajstić information content (AvgIpc) is 2.99. The largest absolute Gasteiger partial charge is 0.326 e. The fraction of sp³-hybridized carbons (Fsp3) is 0.300. The van der Waals surface area contributed by atoms with Crippen molar-refractivity contribution in [2.24, 2.45) is 4.99 Å². The second-order valence-electron chi connectivity index (χ2n) is 7.03. The van der Waals surface area contributed by atoms with Crippen molar-refractivity contribution in [2.75, 3.05) is 13.1 Å². The van der Waals surface area contributed by atoms with Gasteiger partial charge in [-0.2, -0.15) is 4.31 Å². The average molecular weight is 383 g/mol. The van der Waals surface area contributed by atoms with Gasteiger partial charge < -0.3 is 5.32 Å². The molecule has 1 fully saturated rings. The molecule has 2 heterocycles. The molecule has 1 N–H and O–H groups in total. The van der Waals surface area contributed by atoms with Crippen LogP contribution in [-0.4, -0.2) is 43.1 Å². The highest BCUT2D eigenvalue weighted by molar-refractivity contribution is 7.89. The summed E-state index contributed by atoms with van der Waals surface area (Å²) in [6.45, 7) is 2.63. The van der Waals surface area contributed by atoms with E-state index in [0.717, 1.165) is 11.1 Å². The van der Waals surface area contributed by atoms with E-state index in [1.165, 1.54) is 4.31 Å². The predicted molar refractivity (Wildman–Crippen MR) is 103 cm³/mol. The minimum atomic E-state index is -3.52. The van der Waals surface area contributed by atoms with E-state index in [2.05, 4.69) is 10.3 Å².